The van der Waals surface area contributed by atoms with Gasteiger partial charge in [-0.1, -0.05) is 28.2 Å². The Morgan fingerprint density at radius 2 is 2.12 bits per heavy atom. The van der Waals surface area contributed by atoms with E-state index < -0.39 is 0 Å². The van der Waals surface area contributed by atoms with E-state index in [0.29, 0.717) is 0 Å². The highest BCUT2D eigenvalue weighted by Crippen LogP contribution is 1.75. The average molecular weight is 135 g/mol. The van der Waals surface area contributed by atoms with Gasteiger partial charge in [-0.05, 0) is 0 Å². The van der Waals surface area contributed by atoms with E-state index in [1.54, 1.807) is 0 Å². The van der Waals surface area contributed by atoms with Gasteiger partial charge < -0.3 is 5.21 Å². The van der Waals surface area contributed by atoms with Crippen LogP contribution in [0.4, 0.5) is 0 Å². The van der Waals surface area contributed by atoms with E-state index in [9.17, 15) is 4.79 Å². The van der Waals surface area contributed by atoms with Crippen molar-refractivity contribution in [2.45, 2.75) is 13.8 Å². The molecule has 0 aromatic heterocycles. The van der Waals surface area contributed by atoms with E-state index in [-0.39, 0.29) is 5.52 Å². The lowest BCUT2D eigenvalue weighted by molar-refractivity contribution is -0.105. The molecule has 0 fully saturated rings. The van der Waals surface area contributed by atoms with E-state index in [1.165, 1.54) is 0 Å². The maximum Gasteiger partial charge on any atom is 0.192 e. The largest absolute Gasteiger partial charge is 0.411 e. The lowest BCUT2D eigenvalue weighted by Gasteiger charge is -1.67. The van der Waals surface area contributed by atoms with E-state index in [2.05, 4.69) is 5.16 Å². The summed E-state index contributed by atoms with van der Waals surface area (Å²) in [6, 6.07) is 0. The molecule has 0 aliphatic heterocycles. The zero-order valence-electron chi connectivity index (χ0n) is 4.96. The molecule has 0 aliphatic rings. The average Bonchev–Trinajstić information content (AvgIpc) is 1.72. The minimum atomic E-state index is -0.336. The molecule has 1 atom stereocenters. The number of carbonyl (C=O) groups excluding carboxylic acids is 1. The predicted molar refractivity (Wildman–Crippen MR) is 36.3 cm³/mol. The van der Waals surface area contributed by atoms with Crippen LogP contribution >= 0.6 is 9.24 Å². The van der Waals surface area contributed by atoms with Gasteiger partial charge in [0.2, 0.25) is 0 Å². The second-order valence-electron chi connectivity index (χ2n) is 0.647. The topological polar surface area (TPSA) is 49.7 Å². The number of hydrogen-bond acceptors (Lipinski definition) is 3. The third-order valence-corrected chi connectivity index (χ3v) is 0.334. The van der Waals surface area contributed by atoms with Crippen LogP contribution < -0.4 is 0 Å². The Hall–Kier alpha value is -0.430. The van der Waals surface area contributed by atoms with Gasteiger partial charge in [0, 0.05) is 0 Å². The van der Waals surface area contributed by atoms with Gasteiger partial charge in [-0.15, -0.1) is 0 Å². The molecule has 0 heterocycles. The molecule has 0 spiro atoms. The molecule has 1 unspecified atom stereocenters. The Balaban J connectivity index is 0. The number of nitrogens with zero attached hydrogens (tertiary/aromatic N) is 1. The van der Waals surface area contributed by atoms with E-state index in [1.807, 2.05) is 23.1 Å². The summed E-state index contributed by atoms with van der Waals surface area (Å²) in [5.41, 5.74) is -0.336. The van der Waals surface area contributed by atoms with Crippen molar-refractivity contribution < 1.29 is 10.0 Å². The van der Waals surface area contributed by atoms with Crippen molar-refractivity contribution in [2.75, 3.05) is 0 Å². The highest BCUT2D eigenvalue weighted by atomic mass is 31.0. The standard InChI is InChI=1S/C2H4NO2P.C2H6/c4-2(6)1-3-5;1-2/h1,5H,6H2;1-2H3/b3-1-;. The summed E-state index contributed by atoms with van der Waals surface area (Å²) >= 11 is 0. The van der Waals surface area contributed by atoms with Crippen molar-refractivity contribution >= 4 is 21.0 Å². The van der Waals surface area contributed by atoms with Crippen LogP contribution in [0.3, 0.4) is 0 Å². The third kappa shape index (κ3) is 17.6. The summed E-state index contributed by atoms with van der Waals surface area (Å²) in [6.45, 7) is 4.00. The smallest absolute Gasteiger partial charge is 0.192 e. The summed E-state index contributed by atoms with van der Waals surface area (Å²) in [4.78, 5) is 9.70. The summed E-state index contributed by atoms with van der Waals surface area (Å²) in [5.74, 6) is 0. The molecule has 0 aliphatic carbocycles. The fourth-order valence-corrected chi connectivity index (χ4v) is 0.124. The molecule has 0 saturated carbocycles. The van der Waals surface area contributed by atoms with Gasteiger partial charge in [-0.25, -0.2) is 0 Å². The molecule has 0 rings (SSSR count). The summed E-state index contributed by atoms with van der Waals surface area (Å²) in [6.07, 6.45) is 0.796. The molecule has 0 radical (unpaired) electrons. The van der Waals surface area contributed by atoms with Crippen LogP contribution in [-0.4, -0.2) is 16.9 Å². The first-order valence-electron chi connectivity index (χ1n) is 2.24. The van der Waals surface area contributed by atoms with Gasteiger partial charge >= 0.3 is 0 Å². The fourth-order valence-electron chi connectivity index (χ4n) is 0.0569. The van der Waals surface area contributed by atoms with Crippen LogP contribution in [0.2, 0.25) is 0 Å². The van der Waals surface area contributed by atoms with Crippen molar-refractivity contribution in [1.82, 2.24) is 0 Å². The SMILES string of the molecule is CC.O=C(P)/C=N\O. The molecule has 0 aromatic carbocycles. The van der Waals surface area contributed by atoms with E-state index in [0.717, 1.165) is 6.21 Å². The van der Waals surface area contributed by atoms with Crippen LogP contribution in [0.15, 0.2) is 5.16 Å². The Labute approximate surface area is 51.0 Å². The Kier molecular flexibility index (Phi) is 12.8. The van der Waals surface area contributed by atoms with Crippen molar-refractivity contribution in [3.8, 4) is 0 Å². The first-order valence-corrected chi connectivity index (χ1v) is 2.82. The molecule has 3 nitrogen and oxygen atoms in total. The quantitative estimate of drug-likeness (QED) is 0.251. The van der Waals surface area contributed by atoms with Gasteiger partial charge in [-0.2, -0.15) is 0 Å². The first-order chi connectivity index (χ1) is 3.77. The molecule has 0 aromatic rings. The van der Waals surface area contributed by atoms with E-state index in [4.69, 9.17) is 5.21 Å². The number of carbonyl (C=O) groups is 1. The first kappa shape index (κ1) is 10.5. The lowest BCUT2D eigenvalue weighted by atomic mass is 10.9. The highest BCUT2D eigenvalue weighted by molar-refractivity contribution is 7.44. The molecular formula is C4H10NO2P. The van der Waals surface area contributed by atoms with E-state index >= 15 is 0 Å². The van der Waals surface area contributed by atoms with Crippen LogP contribution in [0.5, 0.6) is 0 Å². The van der Waals surface area contributed by atoms with Gasteiger partial charge in [-0.3, -0.25) is 4.79 Å². The monoisotopic (exact) mass is 135 g/mol. The zero-order valence-corrected chi connectivity index (χ0v) is 6.11. The predicted octanol–water partition coefficient (Wildman–Crippen LogP) is 0.874. The third-order valence-electron chi connectivity index (χ3n) is 0.185. The Bertz CT molecular complexity index is 82.1. The van der Waals surface area contributed by atoms with Crippen molar-refractivity contribution in [1.29, 1.82) is 0 Å². The van der Waals surface area contributed by atoms with Crippen molar-refractivity contribution in [3.05, 3.63) is 0 Å². The Morgan fingerprint density at radius 3 is 2.12 bits per heavy atom. The molecule has 8 heavy (non-hydrogen) atoms. The van der Waals surface area contributed by atoms with Crippen LogP contribution in [0.1, 0.15) is 13.8 Å². The van der Waals surface area contributed by atoms with Crippen LogP contribution in [0, 0.1) is 0 Å². The second-order valence-corrected chi connectivity index (χ2v) is 1.22. The second kappa shape index (κ2) is 9.76. The molecule has 48 valence electrons. The van der Waals surface area contributed by atoms with Gasteiger partial charge in [0.1, 0.15) is 6.21 Å². The lowest BCUT2D eigenvalue weighted by Crippen LogP contribution is -1.81. The minimum Gasteiger partial charge on any atom is -0.411 e. The number of hydrogen-bond donors (Lipinski definition) is 1. The number of oxime groups is 1. The zero-order chi connectivity index (χ0) is 6.99. The molecule has 0 saturated heterocycles. The van der Waals surface area contributed by atoms with Crippen LogP contribution in [-0.2, 0) is 4.79 Å². The highest BCUT2D eigenvalue weighted by Gasteiger charge is 1.76. The van der Waals surface area contributed by atoms with Gasteiger partial charge in [0.05, 0.1) is 0 Å². The van der Waals surface area contributed by atoms with Crippen molar-refractivity contribution in [3.63, 3.8) is 0 Å². The molecular weight excluding hydrogens is 125 g/mol. The minimum absolute atomic E-state index is 0.336. The fraction of sp³-hybridized carbons (Fsp3) is 0.500. The Morgan fingerprint density at radius 1 is 1.75 bits per heavy atom. The normalized spacial score (nSPS) is 7.88. The molecule has 0 bridgehead atoms. The van der Waals surface area contributed by atoms with Gasteiger partial charge in [0.25, 0.3) is 0 Å². The molecule has 0 amide bonds. The number of rotatable bonds is 1. The summed E-state index contributed by atoms with van der Waals surface area (Å²) < 4.78 is 0. The van der Waals surface area contributed by atoms with Crippen LogP contribution in [0.25, 0.3) is 0 Å². The maximum absolute atomic E-state index is 9.70. The maximum atomic E-state index is 9.70. The summed E-state index contributed by atoms with van der Waals surface area (Å²) in [5, 5.41) is 10.0. The summed E-state index contributed by atoms with van der Waals surface area (Å²) in [7, 11) is 1.83. The molecule has 1 N–H and O–H groups in total. The molecule has 4 heteroatoms. The van der Waals surface area contributed by atoms with Crippen molar-refractivity contribution in [2.24, 2.45) is 5.16 Å². The van der Waals surface area contributed by atoms with Gasteiger partial charge in [0.15, 0.2) is 5.52 Å².